The molecule has 100 valence electrons. The summed E-state index contributed by atoms with van der Waals surface area (Å²) in [6, 6.07) is 5.59. The normalized spacial score (nSPS) is 18.8. The maximum atomic E-state index is 11.8. The van der Waals surface area contributed by atoms with Crippen LogP contribution in [0.2, 0.25) is 5.02 Å². The Morgan fingerprint density at radius 3 is 2.47 bits per heavy atom. The van der Waals surface area contributed by atoms with E-state index in [4.69, 9.17) is 11.6 Å². The molecule has 1 heterocycles. The Hall–Kier alpha value is -1.92. The van der Waals surface area contributed by atoms with Crippen LogP contribution in [0, 0.1) is 0 Å². The van der Waals surface area contributed by atoms with Gasteiger partial charge < -0.3 is 0 Å². The average molecular weight is 282 g/mol. The fourth-order valence-electron chi connectivity index (χ4n) is 1.69. The first-order valence-corrected chi connectivity index (χ1v) is 5.98. The molecular formula is C12H12ClN3O3. The number of nitrogens with one attached hydrogen (secondary N) is 2. The van der Waals surface area contributed by atoms with Gasteiger partial charge in [-0.15, -0.1) is 0 Å². The highest BCUT2D eigenvalue weighted by molar-refractivity contribution is 6.30. The monoisotopic (exact) mass is 281 g/mol. The highest BCUT2D eigenvalue weighted by atomic mass is 35.5. The third kappa shape index (κ3) is 2.91. The van der Waals surface area contributed by atoms with Gasteiger partial charge in [-0.3, -0.25) is 24.7 Å². The van der Waals surface area contributed by atoms with Gasteiger partial charge in [-0.05, 0) is 24.3 Å². The van der Waals surface area contributed by atoms with E-state index < -0.39 is 11.9 Å². The Morgan fingerprint density at radius 2 is 1.95 bits per heavy atom. The Labute approximate surface area is 114 Å². The minimum absolute atomic E-state index is 0.0379. The molecule has 1 aromatic rings. The largest absolute Gasteiger partial charge is 0.287 e. The molecule has 3 amide bonds. The molecule has 0 saturated carbocycles. The van der Waals surface area contributed by atoms with E-state index in [1.54, 1.807) is 24.3 Å². The van der Waals surface area contributed by atoms with Crippen LogP contribution in [-0.2, 0) is 9.59 Å². The van der Waals surface area contributed by atoms with Crippen LogP contribution in [0.25, 0.3) is 0 Å². The number of hydrazine groups is 1. The highest BCUT2D eigenvalue weighted by Crippen LogP contribution is 2.11. The Morgan fingerprint density at radius 1 is 1.32 bits per heavy atom. The van der Waals surface area contributed by atoms with Crippen LogP contribution >= 0.6 is 11.6 Å². The van der Waals surface area contributed by atoms with Crippen molar-refractivity contribution in [3.05, 3.63) is 34.9 Å². The van der Waals surface area contributed by atoms with Crippen molar-refractivity contribution in [1.29, 1.82) is 0 Å². The molecule has 1 aromatic carbocycles. The van der Waals surface area contributed by atoms with Crippen LogP contribution in [-0.4, -0.2) is 35.7 Å². The zero-order chi connectivity index (χ0) is 14.0. The van der Waals surface area contributed by atoms with Crippen molar-refractivity contribution in [1.82, 2.24) is 15.8 Å². The minimum atomic E-state index is -0.714. The fourth-order valence-corrected chi connectivity index (χ4v) is 1.82. The predicted octanol–water partition coefficient (Wildman–Crippen LogP) is 0.332. The first kappa shape index (κ1) is 13.5. The third-order valence-electron chi connectivity index (χ3n) is 2.85. The van der Waals surface area contributed by atoms with Crippen molar-refractivity contribution in [3.63, 3.8) is 0 Å². The second kappa shape index (κ2) is 5.38. The summed E-state index contributed by atoms with van der Waals surface area (Å²) in [6.45, 7) is 0. The number of halogens is 1. The fraction of sp³-hybridized carbons (Fsp3) is 0.250. The van der Waals surface area contributed by atoms with Gasteiger partial charge >= 0.3 is 0 Å². The lowest BCUT2D eigenvalue weighted by Gasteiger charge is -2.12. The smallest absolute Gasteiger partial charge is 0.265 e. The number of benzene rings is 1. The number of likely N-dealkylation sites (tertiary alicyclic amines) is 1. The van der Waals surface area contributed by atoms with E-state index in [9.17, 15) is 14.4 Å². The molecule has 0 aliphatic carbocycles. The molecule has 2 N–H and O–H groups in total. The van der Waals surface area contributed by atoms with Gasteiger partial charge in [-0.2, -0.15) is 0 Å². The van der Waals surface area contributed by atoms with E-state index >= 15 is 0 Å². The predicted molar refractivity (Wildman–Crippen MR) is 68.2 cm³/mol. The molecule has 0 bridgehead atoms. The summed E-state index contributed by atoms with van der Waals surface area (Å²) in [5, 5.41) is 0.530. The molecule has 0 spiro atoms. The quantitative estimate of drug-likeness (QED) is 0.618. The molecule has 0 unspecified atom stereocenters. The molecule has 0 aromatic heterocycles. The van der Waals surface area contributed by atoms with E-state index in [0.29, 0.717) is 10.6 Å². The van der Waals surface area contributed by atoms with Crippen LogP contribution in [0.4, 0.5) is 0 Å². The Kier molecular flexibility index (Phi) is 3.82. The number of likely N-dealkylation sites (N-methyl/N-ethyl adjacent to an activating group) is 1. The number of hydrogen-bond donors (Lipinski definition) is 2. The zero-order valence-electron chi connectivity index (χ0n) is 10.1. The van der Waals surface area contributed by atoms with Crippen LogP contribution in [0.5, 0.6) is 0 Å². The van der Waals surface area contributed by atoms with Gasteiger partial charge in [-0.1, -0.05) is 11.6 Å². The molecule has 2 rings (SSSR count). The second-order valence-electron chi connectivity index (χ2n) is 4.15. The summed E-state index contributed by atoms with van der Waals surface area (Å²) >= 11 is 5.71. The van der Waals surface area contributed by atoms with Gasteiger partial charge in [0.05, 0.1) is 6.42 Å². The molecule has 6 nitrogen and oxygen atoms in total. The first-order valence-electron chi connectivity index (χ1n) is 5.61. The summed E-state index contributed by atoms with van der Waals surface area (Å²) in [5.41, 5.74) is 5.37. The van der Waals surface area contributed by atoms with Crippen molar-refractivity contribution in [2.45, 2.75) is 12.5 Å². The van der Waals surface area contributed by atoms with Crippen molar-refractivity contribution < 1.29 is 14.4 Å². The van der Waals surface area contributed by atoms with Gasteiger partial charge in [-0.25, -0.2) is 5.43 Å². The SMILES string of the molecule is CN1C(=O)C[C@H](NNC(=O)c2ccc(Cl)cc2)C1=O. The van der Waals surface area contributed by atoms with Gasteiger partial charge in [0.15, 0.2) is 0 Å². The number of imide groups is 1. The van der Waals surface area contributed by atoms with Crippen LogP contribution < -0.4 is 10.9 Å². The molecule has 1 saturated heterocycles. The minimum Gasteiger partial charge on any atom is -0.287 e. The number of carbonyl (C=O) groups is 3. The van der Waals surface area contributed by atoms with Gasteiger partial charge in [0.1, 0.15) is 6.04 Å². The van der Waals surface area contributed by atoms with E-state index in [2.05, 4.69) is 10.9 Å². The maximum Gasteiger partial charge on any atom is 0.265 e. The van der Waals surface area contributed by atoms with Gasteiger partial charge in [0.2, 0.25) is 11.8 Å². The van der Waals surface area contributed by atoms with Crippen LogP contribution in [0.3, 0.4) is 0 Å². The zero-order valence-corrected chi connectivity index (χ0v) is 10.9. The van der Waals surface area contributed by atoms with E-state index in [0.717, 1.165) is 4.90 Å². The van der Waals surface area contributed by atoms with E-state index in [1.165, 1.54) is 7.05 Å². The molecule has 1 fully saturated rings. The number of hydrogen-bond acceptors (Lipinski definition) is 4. The summed E-state index contributed by atoms with van der Waals surface area (Å²) in [5.74, 6) is -1.03. The Bertz CT molecular complexity index is 530. The number of rotatable bonds is 3. The topological polar surface area (TPSA) is 78.5 Å². The number of carbonyl (C=O) groups excluding carboxylic acids is 3. The molecule has 19 heavy (non-hydrogen) atoms. The van der Waals surface area contributed by atoms with E-state index in [1.807, 2.05) is 0 Å². The number of amides is 3. The highest BCUT2D eigenvalue weighted by Gasteiger charge is 2.36. The summed E-state index contributed by atoms with van der Waals surface area (Å²) in [7, 11) is 1.41. The van der Waals surface area contributed by atoms with Gasteiger partial charge in [0, 0.05) is 17.6 Å². The molecule has 1 aliphatic heterocycles. The van der Waals surface area contributed by atoms with Gasteiger partial charge in [0.25, 0.3) is 5.91 Å². The summed E-state index contributed by atoms with van der Waals surface area (Å²) in [4.78, 5) is 35.7. The second-order valence-corrected chi connectivity index (χ2v) is 4.59. The molecule has 0 radical (unpaired) electrons. The summed E-state index contributed by atoms with van der Waals surface area (Å²) < 4.78 is 0. The average Bonchev–Trinajstić information content (AvgIpc) is 2.64. The standard InChI is InChI=1S/C12H12ClN3O3/c1-16-10(17)6-9(12(16)19)14-15-11(18)7-2-4-8(13)5-3-7/h2-5,9,14H,6H2,1H3,(H,15,18)/t9-/m0/s1. The maximum absolute atomic E-state index is 11.8. The molecule has 1 atom stereocenters. The van der Waals surface area contributed by atoms with Crippen molar-refractivity contribution in [2.75, 3.05) is 7.05 Å². The first-order chi connectivity index (χ1) is 8.99. The summed E-state index contributed by atoms with van der Waals surface area (Å²) in [6.07, 6.45) is 0.0379. The van der Waals surface area contributed by atoms with Crippen LogP contribution in [0.15, 0.2) is 24.3 Å². The van der Waals surface area contributed by atoms with Crippen LogP contribution in [0.1, 0.15) is 16.8 Å². The lowest BCUT2D eigenvalue weighted by molar-refractivity contribution is -0.137. The third-order valence-corrected chi connectivity index (χ3v) is 3.10. The molecular weight excluding hydrogens is 270 g/mol. The van der Waals surface area contributed by atoms with Crippen molar-refractivity contribution >= 4 is 29.3 Å². The van der Waals surface area contributed by atoms with Crippen molar-refractivity contribution in [2.24, 2.45) is 0 Å². The molecule has 7 heteroatoms. The Balaban J connectivity index is 1.93. The number of nitrogens with zero attached hydrogens (tertiary/aromatic N) is 1. The van der Waals surface area contributed by atoms with Crippen molar-refractivity contribution in [3.8, 4) is 0 Å². The lowest BCUT2D eigenvalue weighted by Crippen LogP contribution is -2.47. The lowest BCUT2D eigenvalue weighted by atomic mass is 10.2. The van der Waals surface area contributed by atoms with E-state index in [-0.39, 0.29) is 18.2 Å². The molecule has 1 aliphatic rings.